The van der Waals surface area contributed by atoms with E-state index >= 15 is 0 Å². The van der Waals surface area contributed by atoms with Crippen molar-refractivity contribution in [3.8, 4) is 0 Å². The summed E-state index contributed by atoms with van der Waals surface area (Å²) in [4.78, 5) is 11.8. The summed E-state index contributed by atoms with van der Waals surface area (Å²) in [5.41, 5.74) is -0.287. The monoisotopic (exact) mass is 247 g/mol. The largest absolute Gasteiger partial charge is 0.354 e. The van der Waals surface area contributed by atoms with Crippen molar-refractivity contribution in [2.24, 2.45) is 11.3 Å². The summed E-state index contributed by atoms with van der Waals surface area (Å²) in [6.07, 6.45) is 2.98. The number of halogens is 1. The van der Waals surface area contributed by atoms with Gasteiger partial charge in [0.05, 0.1) is 5.38 Å². The van der Waals surface area contributed by atoms with Crippen LogP contribution >= 0.6 is 11.6 Å². The Hall–Kier alpha value is -0.240. The second-order valence-corrected chi connectivity index (χ2v) is 5.60. The standard InChI is InChI=1S/C13H26ClNO/c1-6-10(7-2)11(14)9-15-12(16)13(4,5)8-3/h10-11H,6-9H2,1-5H3,(H,15,16). The van der Waals surface area contributed by atoms with Crippen LogP contribution < -0.4 is 5.32 Å². The van der Waals surface area contributed by atoms with E-state index in [0.717, 1.165) is 19.3 Å². The summed E-state index contributed by atoms with van der Waals surface area (Å²) in [6.45, 7) is 10.8. The smallest absolute Gasteiger partial charge is 0.225 e. The summed E-state index contributed by atoms with van der Waals surface area (Å²) in [5, 5.41) is 3.00. The molecule has 0 aromatic heterocycles. The van der Waals surface area contributed by atoms with Crippen LogP contribution in [0.25, 0.3) is 0 Å². The molecule has 1 amide bonds. The first-order valence-corrected chi connectivity index (χ1v) is 6.75. The maximum Gasteiger partial charge on any atom is 0.225 e. The van der Waals surface area contributed by atoms with E-state index in [1.165, 1.54) is 0 Å². The highest BCUT2D eigenvalue weighted by Crippen LogP contribution is 2.21. The molecule has 0 fully saturated rings. The first kappa shape index (κ1) is 15.8. The van der Waals surface area contributed by atoms with Gasteiger partial charge in [0.15, 0.2) is 0 Å². The third-order valence-electron chi connectivity index (χ3n) is 3.52. The summed E-state index contributed by atoms with van der Waals surface area (Å²) in [6, 6.07) is 0. The van der Waals surface area contributed by atoms with E-state index in [1.54, 1.807) is 0 Å². The molecule has 16 heavy (non-hydrogen) atoms. The number of hydrogen-bond acceptors (Lipinski definition) is 1. The first-order chi connectivity index (χ1) is 7.38. The maximum atomic E-state index is 11.8. The topological polar surface area (TPSA) is 29.1 Å². The van der Waals surface area contributed by atoms with Gasteiger partial charge >= 0.3 is 0 Å². The van der Waals surface area contributed by atoms with E-state index < -0.39 is 0 Å². The summed E-state index contributed by atoms with van der Waals surface area (Å²) in [5.74, 6) is 0.596. The molecular formula is C13H26ClNO. The van der Waals surface area contributed by atoms with E-state index in [0.29, 0.717) is 12.5 Å². The minimum absolute atomic E-state index is 0.0478. The zero-order valence-corrected chi connectivity index (χ0v) is 12.0. The Bertz CT molecular complexity index is 212. The van der Waals surface area contributed by atoms with Crippen molar-refractivity contribution in [2.75, 3.05) is 6.54 Å². The van der Waals surface area contributed by atoms with Crippen molar-refractivity contribution in [2.45, 2.75) is 59.3 Å². The Labute approximate surface area is 105 Å². The Morgan fingerprint density at radius 3 is 2.12 bits per heavy atom. The maximum absolute atomic E-state index is 11.8. The van der Waals surface area contributed by atoms with Gasteiger partial charge in [-0.15, -0.1) is 11.6 Å². The number of nitrogens with one attached hydrogen (secondary N) is 1. The van der Waals surface area contributed by atoms with Gasteiger partial charge in [0.2, 0.25) is 5.91 Å². The van der Waals surface area contributed by atoms with E-state index in [2.05, 4.69) is 19.2 Å². The quantitative estimate of drug-likeness (QED) is 0.685. The number of rotatable bonds is 7. The molecule has 1 N–H and O–H groups in total. The fraction of sp³-hybridized carbons (Fsp3) is 0.923. The van der Waals surface area contributed by atoms with Gasteiger partial charge in [0, 0.05) is 12.0 Å². The zero-order valence-electron chi connectivity index (χ0n) is 11.3. The molecule has 0 saturated carbocycles. The molecule has 0 saturated heterocycles. The molecule has 0 aromatic carbocycles. The van der Waals surface area contributed by atoms with Crippen molar-refractivity contribution in [3.05, 3.63) is 0 Å². The Balaban J connectivity index is 4.10. The van der Waals surface area contributed by atoms with Crippen molar-refractivity contribution in [1.82, 2.24) is 5.32 Å². The van der Waals surface area contributed by atoms with Gasteiger partial charge in [-0.05, 0) is 12.3 Å². The second kappa shape index (κ2) is 7.16. The van der Waals surface area contributed by atoms with Crippen molar-refractivity contribution in [3.63, 3.8) is 0 Å². The third-order valence-corrected chi connectivity index (χ3v) is 4.03. The van der Waals surface area contributed by atoms with Crippen LogP contribution in [0.1, 0.15) is 53.9 Å². The lowest BCUT2D eigenvalue weighted by atomic mass is 9.89. The van der Waals surface area contributed by atoms with Gasteiger partial charge in [-0.1, -0.05) is 47.5 Å². The normalized spacial score (nSPS) is 13.9. The minimum Gasteiger partial charge on any atom is -0.354 e. The van der Waals surface area contributed by atoms with E-state index in [9.17, 15) is 4.79 Å². The lowest BCUT2D eigenvalue weighted by Crippen LogP contribution is -2.40. The van der Waals surface area contributed by atoms with E-state index in [4.69, 9.17) is 11.6 Å². The number of carbonyl (C=O) groups is 1. The lowest BCUT2D eigenvalue weighted by Gasteiger charge is -2.24. The highest BCUT2D eigenvalue weighted by Gasteiger charge is 2.26. The van der Waals surface area contributed by atoms with Gasteiger partial charge in [-0.25, -0.2) is 0 Å². The molecule has 0 aliphatic carbocycles. The fourth-order valence-electron chi connectivity index (χ4n) is 1.56. The van der Waals surface area contributed by atoms with Gasteiger partial charge < -0.3 is 5.32 Å². The molecule has 1 atom stereocenters. The lowest BCUT2D eigenvalue weighted by molar-refractivity contribution is -0.129. The van der Waals surface area contributed by atoms with Crippen molar-refractivity contribution >= 4 is 17.5 Å². The predicted octanol–water partition coefficient (Wildman–Crippen LogP) is 3.58. The SMILES string of the molecule is CCC(CC)C(Cl)CNC(=O)C(C)(C)CC. The van der Waals surface area contributed by atoms with E-state index in [-0.39, 0.29) is 16.7 Å². The van der Waals surface area contributed by atoms with Crippen LogP contribution in [-0.4, -0.2) is 17.8 Å². The van der Waals surface area contributed by atoms with Gasteiger partial charge in [-0.2, -0.15) is 0 Å². The average Bonchev–Trinajstić information content (AvgIpc) is 2.27. The van der Waals surface area contributed by atoms with Crippen LogP contribution in [0.5, 0.6) is 0 Å². The van der Waals surface area contributed by atoms with Gasteiger partial charge in [0.25, 0.3) is 0 Å². The Kier molecular flexibility index (Phi) is 7.05. The molecule has 0 aliphatic heterocycles. The second-order valence-electron chi connectivity index (χ2n) is 5.04. The highest BCUT2D eigenvalue weighted by molar-refractivity contribution is 6.21. The molecule has 0 heterocycles. The molecule has 0 rings (SSSR count). The molecule has 0 aliphatic rings. The summed E-state index contributed by atoms with van der Waals surface area (Å²) in [7, 11) is 0. The molecule has 3 heteroatoms. The van der Waals surface area contributed by atoms with E-state index in [1.807, 2.05) is 20.8 Å². The van der Waals surface area contributed by atoms with Crippen LogP contribution in [0, 0.1) is 11.3 Å². The van der Waals surface area contributed by atoms with Crippen LogP contribution in [0.15, 0.2) is 0 Å². The molecule has 2 nitrogen and oxygen atoms in total. The first-order valence-electron chi connectivity index (χ1n) is 6.31. The zero-order chi connectivity index (χ0) is 12.8. The van der Waals surface area contributed by atoms with Crippen LogP contribution in [-0.2, 0) is 4.79 Å². The van der Waals surface area contributed by atoms with Crippen LogP contribution in [0.3, 0.4) is 0 Å². The fourth-order valence-corrected chi connectivity index (χ4v) is 1.99. The molecular weight excluding hydrogens is 222 g/mol. The molecule has 96 valence electrons. The summed E-state index contributed by atoms with van der Waals surface area (Å²) < 4.78 is 0. The molecule has 0 aromatic rings. The van der Waals surface area contributed by atoms with Crippen molar-refractivity contribution < 1.29 is 4.79 Å². The molecule has 0 spiro atoms. The third kappa shape index (κ3) is 4.73. The van der Waals surface area contributed by atoms with Gasteiger partial charge in [0.1, 0.15) is 0 Å². The molecule has 0 radical (unpaired) electrons. The predicted molar refractivity (Wildman–Crippen MR) is 70.8 cm³/mol. The number of hydrogen-bond donors (Lipinski definition) is 1. The molecule has 1 unspecified atom stereocenters. The Morgan fingerprint density at radius 1 is 1.25 bits per heavy atom. The number of alkyl halides is 1. The summed E-state index contributed by atoms with van der Waals surface area (Å²) >= 11 is 6.27. The minimum atomic E-state index is -0.287. The Morgan fingerprint density at radius 2 is 1.75 bits per heavy atom. The highest BCUT2D eigenvalue weighted by atomic mass is 35.5. The number of amides is 1. The van der Waals surface area contributed by atoms with Gasteiger partial charge in [-0.3, -0.25) is 4.79 Å². The van der Waals surface area contributed by atoms with Crippen LogP contribution in [0.4, 0.5) is 0 Å². The van der Waals surface area contributed by atoms with Crippen LogP contribution in [0.2, 0.25) is 0 Å². The average molecular weight is 248 g/mol. The molecule has 0 bridgehead atoms. The van der Waals surface area contributed by atoms with Crippen molar-refractivity contribution in [1.29, 1.82) is 0 Å². The number of carbonyl (C=O) groups excluding carboxylic acids is 1.